The monoisotopic (exact) mass is 657 g/mol. The maximum atomic E-state index is 13.1. The van der Waals surface area contributed by atoms with Crippen molar-refractivity contribution in [1.82, 2.24) is 19.8 Å². The molecule has 4 heterocycles. The number of rotatable bonds is 9. The summed E-state index contributed by atoms with van der Waals surface area (Å²) >= 11 is 0. The molecule has 0 bridgehead atoms. The number of amides is 1. The van der Waals surface area contributed by atoms with Gasteiger partial charge in [0.15, 0.2) is 6.79 Å². The van der Waals surface area contributed by atoms with E-state index in [1.54, 1.807) is 12.0 Å². The van der Waals surface area contributed by atoms with E-state index in [2.05, 4.69) is 52.1 Å². The van der Waals surface area contributed by atoms with Gasteiger partial charge in [-0.15, -0.1) is 0 Å². The van der Waals surface area contributed by atoms with Crippen LogP contribution >= 0.6 is 0 Å². The summed E-state index contributed by atoms with van der Waals surface area (Å²) in [6, 6.07) is 15.1. The first kappa shape index (κ1) is 33.6. The molecule has 256 valence electrons. The third-order valence-electron chi connectivity index (χ3n) is 9.33. The van der Waals surface area contributed by atoms with E-state index in [4.69, 9.17) is 28.9 Å². The molecule has 0 saturated carbocycles. The largest absolute Gasteiger partial charge is 0.467 e. The van der Waals surface area contributed by atoms with Crippen LogP contribution in [0.25, 0.3) is 10.8 Å². The minimum atomic E-state index is -0.622. The molecule has 12 nitrogen and oxygen atoms in total. The van der Waals surface area contributed by atoms with Crippen LogP contribution in [0.15, 0.2) is 36.4 Å². The smallest absolute Gasteiger partial charge is 0.410 e. The maximum absolute atomic E-state index is 13.1. The van der Waals surface area contributed by atoms with Gasteiger partial charge in [0.25, 0.3) is 0 Å². The van der Waals surface area contributed by atoms with Gasteiger partial charge in [-0.05, 0) is 65.1 Å². The standard InChI is InChI=1S/C36H47N7O5/c1-36(2,3)48-35(44)43-18-17-42(21-26(43)12-14-37)33-30-13-16-41(22-31(30)38-34(39-33)46-23-27-10-8-15-40(27)4)32-20-28(47-24-45-5)19-25-9-6-7-11-29(25)32/h6-7,9,11,19-20,26-27H,8,10,12-13,15-18,21-24H2,1-5H3/t26-,27-/m0/s1. The number of hydrogen-bond donors (Lipinski definition) is 0. The number of likely N-dealkylation sites (tertiary alicyclic amines) is 1. The molecule has 48 heavy (non-hydrogen) atoms. The number of hydrogen-bond acceptors (Lipinski definition) is 11. The third kappa shape index (κ3) is 7.53. The Morgan fingerprint density at radius 2 is 1.88 bits per heavy atom. The number of nitriles is 1. The summed E-state index contributed by atoms with van der Waals surface area (Å²) in [5.74, 6) is 1.57. The molecule has 2 aromatic carbocycles. The number of nitrogens with zero attached hydrogens (tertiary/aromatic N) is 7. The van der Waals surface area contributed by atoms with Gasteiger partial charge in [0.1, 0.15) is 23.8 Å². The van der Waals surface area contributed by atoms with E-state index >= 15 is 0 Å². The van der Waals surface area contributed by atoms with Crippen molar-refractivity contribution in [3.05, 3.63) is 47.7 Å². The summed E-state index contributed by atoms with van der Waals surface area (Å²) in [7, 11) is 3.75. The molecule has 3 aliphatic rings. The molecule has 1 amide bonds. The van der Waals surface area contributed by atoms with Crippen molar-refractivity contribution < 1.29 is 23.7 Å². The van der Waals surface area contributed by atoms with Gasteiger partial charge in [0.2, 0.25) is 0 Å². The second-order valence-corrected chi connectivity index (χ2v) is 13.9. The zero-order valence-electron chi connectivity index (χ0n) is 28.8. The van der Waals surface area contributed by atoms with Crippen LogP contribution in [0.3, 0.4) is 0 Å². The van der Waals surface area contributed by atoms with Gasteiger partial charge in [0, 0.05) is 62.0 Å². The maximum Gasteiger partial charge on any atom is 0.410 e. The number of carbonyl (C=O) groups excluding carboxylic acids is 1. The van der Waals surface area contributed by atoms with Crippen LogP contribution in [0.1, 0.15) is 51.3 Å². The Morgan fingerprint density at radius 1 is 1.04 bits per heavy atom. The first-order chi connectivity index (χ1) is 23.1. The normalized spacial score (nSPS) is 20.0. The molecule has 6 rings (SSSR count). The number of piperazine rings is 1. The van der Waals surface area contributed by atoms with Gasteiger partial charge in [-0.2, -0.15) is 15.2 Å². The van der Waals surface area contributed by atoms with E-state index in [0.29, 0.717) is 44.8 Å². The molecule has 2 fully saturated rings. The molecule has 0 radical (unpaired) electrons. The third-order valence-corrected chi connectivity index (χ3v) is 9.33. The second-order valence-electron chi connectivity index (χ2n) is 13.9. The van der Waals surface area contributed by atoms with Crippen LogP contribution < -0.4 is 19.3 Å². The molecule has 0 unspecified atom stereocenters. The lowest BCUT2D eigenvalue weighted by Gasteiger charge is -2.42. The number of methoxy groups -OCH3 is 1. The van der Waals surface area contributed by atoms with Gasteiger partial charge in [-0.1, -0.05) is 24.3 Å². The number of carbonyl (C=O) groups is 1. The number of anilines is 2. The zero-order chi connectivity index (χ0) is 33.8. The summed E-state index contributed by atoms with van der Waals surface area (Å²) in [5, 5.41) is 11.9. The summed E-state index contributed by atoms with van der Waals surface area (Å²) < 4.78 is 23.1. The van der Waals surface area contributed by atoms with E-state index < -0.39 is 11.7 Å². The average Bonchev–Trinajstić information content (AvgIpc) is 3.48. The van der Waals surface area contributed by atoms with Crippen LogP contribution in [-0.4, -0.2) is 104 Å². The minimum absolute atomic E-state index is 0.169. The van der Waals surface area contributed by atoms with Gasteiger partial charge in [-0.3, -0.25) is 0 Å². The Morgan fingerprint density at radius 3 is 2.62 bits per heavy atom. The number of likely N-dealkylation sites (N-methyl/N-ethyl adjacent to an activating group) is 1. The summed E-state index contributed by atoms with van der Waals surface area (Å²) in [4.78, 5) is 31.7. The topological polar surface area (TPSA) is 117 Å². The zero-order valence-corrected chi connectivity index (χ0v) is 28.8. The van der Waals surface area contributed by atoms with Crippen molar-refractivity contribution in [3.63, 3.8) is 0 Å². The quantitative estimate of drug-likeness (QED) is 0.290. The van der Waals surface area contributed by atoms with E-state index in [9.17, 15) is 10.1 Å². The molecule has 0 aliphatic carbocycles. The fourth-order valence-electron chi connectivity index (χ4n) is 6.91. The van der Waals surface area contributed by atoms with Gasteiger partial charge in [0.05, 0.1) is 30.8 Å². The van der Waals surface area contributed by atoms with Gasteiger partial charge in [-0.25, -0.2) is 4.79 Å². The Kier molecular flexibility index (Phi) is 10.1. The highest BCUT2D eigenvalue weighted by Crippen LogP contribution is 2.37. The number of ether oxygens (including phenoxy) is 4. The first-order valence-electron chi connectivity index (χ1n) is 16.9. The van der Waals surface area contributed by atoms with Crippen LogP contribution in [0, 0.1) is 11.3 Å². The molecular weight excluding hydrogens is 610 g/mol. The fraction of sp³-hybridized carbons (Fsp3) is 0.556. The van der Waals surface area contributed by atoms with E-state index in [1.165, 1.54) is 0 Å². The Bertz CT molecular complexity index is 1650. The van der Waals surface area contributed by atoms with Crippen molar-refractivity contribution in [1.29, 1.82) is 5.26 Å². The van der Waals surface area contributed by atoms with Crippen molar-refractivity contribution in [2.24, 2.45) is 0 Å². The molecule has 0 spiro atoms. The second kappa shape index (κ2) is 14.4. The lowest BCUT2D eigenvalue weighted by atomic mass is 10.0. The summed E-state index contributed by atoms with van der Waals surface area (Å²) in [5.41, 5.74) is 2.44. The molecule has 1 aromatic heterocycles. The summed E-state index contributed by atoms with van der Waals surface area (Å²) in [6.07, 6.45) is 2.76. The molecule has 3 aliphatic heterocycles. The predicted molar refractivity (Wildman–Crippen MR) is 184 cm³/mol. The van der Waals surface area contributed by atoms with Crippen LogP contribution in [-0.2, 0) is 22.4 Å². The molecular formula is C36H47N7O5. The van der Waals surface area contributed by atoms with Gasteiger partial charge >= 0.3 is 12.1 Å². The Labute approximate surface area is 283 Å². The number of aromatic nitrogens is 2. The number of benzene rings is 2. The lowest BCUT2D eigenvalue weighted by Crippen LogP contribution is -2.56. The Hall–Kier alpha value is -4.34. The average molecular weight is 658 g/mol. The van der Waals surface area contributed by atoms with Crippen LogP contribution in [0.5, 0.6) is 11.8 Å². The van der Waals surface area contributed by atoms with Gasteiger partial charge < -0.3 is 38.5 Å². The lowest BCUT2D eigenvalue weighted by molar-refractivity contribution is 0.0144. The molecule has 2 atom stereocenters. The molecule has 0 N–H and O–H groups in total. The van der Waals surface area contributed by atoms with E-state index in [1.807, 2.05) is 32.9 Å². The first-order valence-corrected chi connectivity index (χ1v) is 16.9. The Balaban J connectivity index is 1.32. The van der Waals surface area contributed by atoms with Crippen molar-refractivity contribution >= 4 is 28.4 Å². The van der Waals surface area contributed by atoms with Crippen molar-refractivity contribution in [3.8, 4) is 17.8 Å². The van der Waals surface area contributed by atoms with Crippen molar-refractivity contribution in [2.75, 3.05) is 70.1 Å². The summed E-state index contributed by atoms with van der Waals surface area (Å²) in [6.45, 7) is 10.1. The SMILES string of the molecule is COCOc1cc(N2CCc3c(nc(OC[C@@H]4CCCN4C)nc3N3CCN(C(=O)OC(C)(C)C)[C@@H](CC#N)C3)C2)c2ccccc2c1. The van der Waals surface area contributed by atoms with Crippen molar-refractivity contribution in [2.45, 2.75) is 70.7 Å². The van der Waals surface area contributed by atoms with Crippen LogP contribution in [0.4, 0.5) is 16.3 Å². The van der Waals surface area contributed by atoms with E-state index in [-0.39, 0.29) is 19.3 Å². The van der Waals surface area contributed by atoms with E-state index in [0.717, 1.165) is 71.6 Å². The van der Waals surface area contributed by atoms with Crippen LogP contribution in [0.2, 0.25) is 0 Å². The highest BCUT2D eigenvalue weighted by molar-refractivity contribution is 5.95. The molecule has 3 aromatic rings. The molecule has 2 saturated heterocycles. The highest BCUT2D eigenvalue weighted by atomic mass is 16.7. The predicted octanol–water partition coefficient (Wildman–Crippen LogP) is 4.99. The fourth-order valence-corrected chi connectivity index (χ4v) is 6.91. The number of fused-ring (bicyclic) bond motifs is 2. The highest BCUT2D eigenvalue weighted by Gasteiger charge is 2.36. The molecule has 12 heteroatoms. The minimum Gasteiger partial charge on any atom is -0.467 e.